The molecule has 1 unspecified atom stereocenters. The predicted octanol–water partition coefficient (Wildman–Crippen LogP) is 2.69. The van der Waals surface area contributed by atoms with Crippen molar-refractivity contribution in [3.05, 3.63) is 65.0 Å². The van der Waals surface area contributed by atoms with Gasteiger partial charge in [0.25, 0.3) is 5.91 Å². The van der Waals surface area contributed by atoms with E-state index in [2.05, 4.69) is 15.6 Å². The Bertz CT molecular complexity index is 1050. The van der Waals surface area contributed by atoms with Crippen LogP contribution < -0.4 is 21.1 Å². The van der Waals surface area contributed by atoms with Crippen LogP contribution in [0.1, 0.15) is 22.2 Å². The van der Waals surface area contributed by atoms with Crippen LogP contribution in [-0.2, 0) is 11.3 Å². The molecule has 2 aromatic heterocycles. The van der Waals surface area contributed by atoms with Gasteiger partial charge < -0.3 is 31.3 Å². The van der Waals surface area contributed by atoms with Crippen molar-refractivity contribution in [2.45, 2.75) is 25.6 Å². The first-order valence-electron chi connectivity index (χ1n) is 9.37. The number of nitrogens with zero attached hydrogens (tertiary/aromatic N) is 1. The Morgan fingerprint density at radius 2 is 1.90 bits per heavy atom. The van der Waals surface area contributed by atoms with Gasteiger partial charge in [-0.25, -0.2) is 9.78 Å². The Morgan fingerprint density at radius 3 is 2.55 bits per heavy atom. The molecule has 9 nitrogen and oxygen atoms in total. The molecule has 2 heterocycles. The summed E-state index contributed by atoms with van der Waals surface area (Å²) < 4.78 is 5.76. The summed E-state index contributed by atoms with van der Waals surface area (Å²) in [6.45, 7) is 1.63. The Morgan fingerprint density at radius 1 is 1.16 bits per heavy atom. The summed E-state index contributed by atoms with van der Waals surface area (Å²) in [6, 6.07) is 14.7. The number of amides is 1. The largest absolute Gasteiger partial charge is 0.480 e. The van der Waals surface area contributed by atoms with Crippen molar-refractivity contribution in [1.82, 2.24) is 10.3 Å². The Labute approximate surface area is 182 Å². The number of pyridine rings is 1. The van der Waals surface area contributed by atoms with E-state index in [1.54, 1.807) is 0 Å². The minimum absolute atomic E-state index is 0.0588. The lowest BCUT2D eigenvalue weighted by Gasteiger charge is -2.18. The number of aliphatic carboxylic acids is 1. The van der Waals surface area contributed by atoms with E-state index in [1.807, 2.05) is 42.5 Å². The zero-order valence-corrected chi connectivity index (χ0v) is 17.4. The highest BCUT2D eigenvalue weighted by Crippen LogP contribution is 2.29. The third-order valence-electron chi connectivity index (χ3n) is 4.24. The van der Waals surface area contributed by atoms with E-state index in [9.17, 15) is 14.7 Å². The quantitative estimate of drug-likeness (QED) is 0.340. The fourth-order valence-corrected chi connectivity index (χ4v) is 3.48. The maximum atomic E-state index is 12.5. The number of ether oxygens (including phenoxy) is 1. The molecule has 0 saturated heterocycles. The van der Waals surface area contributed by atoms with E-state index in [0.717, 1.165) is 10.6 Å². The third-order valence-corrected chi connectivity index (χ3v) is 5.21. The average Bonchev–Trinajstić information content (AvgIpc) is 3.18. The molecule has 0 aliphatic carbocycles. The van der Waals surface area contributed by atoms with Crippen LogP contribution in [0.5, 0.6) is 10.8 Å². The normalized spacial score (nSPS) is 12.6. The smallest absolute Gasteiger partial charge is 0.328 e. The summed E-state index contributed by atoms with van der Waals surface area (Å²) in [5, 5.41) is 24.7. The summed E-state index contributed by atoms with van der Waals surface area (Å²) in [5.41, 5.74) is 6.03. The van der Waals surface area contributed by atoms with Gasteiger partial charge in [0.2, 0.25) is 0 Å². The van der Waals surface area contributed by atoms with E-state index in [-0.39, 0.29) is 23.7 Å². The van der Waals surface area contributed by atoms with Gasteiger partial charge in [0.1, 0.15) is 17.4 Å². The van der Waals surface area contributed by atoms with E-state index in [0.29, 0.717) is 5.06 Å². The van der Waals surface area contributed by atoms with Gasteiger partial charge in [-0.3, -0.25) is 4.79 Å². The lowest BCUT2D eigenvalue weighted by molar-refractivity contribution is -0.140. The van der Waals surface area contributed by atoms with Gasteiger partial charge in [0, 0.05) is 4.88 Å². The number of carboxylic acids is 1. The van der Waals surface area contributed by atoms with Crippen LogP contribution in [0.25, 0.3) is 0 Å². The molecular formula is C21H22N4O5S. The minimum atomic E-state index is -1.25. The number of nitrogens with one attached hydrogen (secondary N) is 2. The van der Waals surface area contributed by atoms with Crippen LogP contribution in [0, 0.1) is 0 Å². The monoisotopic (exact) mass is 442 g/mol. The number of nitrogen functional groups attached to an aromatic ring is 1. The maximum absolute atomic E-state index is 12.5. The van der Waals surface area contributed by atoms with Crippen LogP contribution in [0.4, 0.5) is 11.6 Å². The topological polar surface area (TPSA) is 147 Å². The molecular weight excluding hydrogens is 420 g/mol. The lowest BCUT2D eigenvalue weighted by Crippen LogP contribution is -2.39. The van der Waals surface area contributed by atoms with Gasteiger partial charge in [0.15, 0.2) is 11.1 Å². The van der Waals surface area contributed by atoms with Crippen molar-refractivity contribution in [3.8, 4) is 10.8 Å². The van der Waals surface area contributed by atoms with Crippen molar-refractivity contribution < 1.29 is 24.5 Å². The Hall–Kier alpha value is -3.63. The SMILES string of the molecule is C[C@@H](O)C(Nc1ccc(C(=O)NCc2ccc(Oc3ccccc3)s2)c(N)n1)C(=O)O. The Balaban J connectivity index is 1.59. The van der Waals surface area contributed by atoms with Crippen molar-refractivity contribution in [3.63, 3.8) is 0 Å². The number of carboxylic acid groups (broad SMARTS) is 1. The molecule has 1 amide bonds. The number of hydrogen-bond acceptors (Lipinski definition) is 8. The zero-order chi connectivity index (χ0) is 22.4. The standard InChI is InChI=1S/C21H22N4O5S/c1-12(26)18(21(28)29)24-16-9-8-15(19(22)25-16)20(27)23-11-14-7-10-17(31-14)30-13-5-3-2-4-6-13/h2-10,12,18,26H,11H2,1H3,(H,23,27)(H,28,29)(H3,22,24,25)/t12-,18?/m1/s1. The number of nitrogens with two attached hydrogens (primary N) is 1. The summed E-state index contributed by atoms with van der Waals surface area (Å²) in [7, 11) is 0. The van der Waals surface area contributed by atoms with Crippen LogP contribution >= 0.6 is 11.3 Å². The molecule has 0 bridgehead atoms. The molecule has 31 heavy (non-hydrogen) atoms. The van der Waals surface area contributed by atoms with Gasteiger partial charge in [-0.15, -0.1) is 11.3 Å². The lowest BCUT2D eigenvalue weighted by atomic mass is 10.2. The molecule has 6 N–H and O–H groups in total. The number of thiophene rings is 1. The Kier molecular flexibility index (Phi) is 7.06. The second-order valence-corrected chi connectivity index (χ2v) is 7.78. The third kappa shape index (κ3) is 5.93. The number of anilines is 2. The average molecular weight is 442 g/mol. The van der Waals surface area contributed by atoms with Crippen molar-refractivity contribution in [2.75, 3.05) is 11.1 Å². The van der Waals surface area contributed by atoms with Gasteiger partial charge in [-0.1, -0.05) is 18.2 Å². The number of aromatic nitrogens is 1. The molecule has 3 aromatic rings. The molecule has 2 atom stereocenters. The highest BCUT2D eigenvalue weighted by atomic mass is 32.1. The highest BCUT2D eigenvalue weighted by Gasteiger charge is 2.23. The molecule has 0 aliphatic heterocycles. The van der Waals surface area contributed by atoms with Crippen molar-refractivity contribution in [1.29, 1.82) is 0 Å². The molecule has 10 heteroatoms. The first kappa shape index (κ1) is 22.1. The fourth-order valence-electron chi connectivity index (χ4n) is 2.67. The van der Waals surface area contributed by atoms with Gasteiger partial charge in [-0.05, 0) is 43.3 Å². The van der Waals surface area contributed by atoms with Crippen LogP contribution in [0.3, 0.4) is 0 Å². The van der Waals surface area contributed by atoms with E-state index in [1.165, 1.54) is 30.4 Å². The molecule has 0 aliphatic rings. The molecule has 0 spiro atoms. The number of hydrogen-bond donors (Lipinski definition) is 5. The summed E-state index contributed by atoms with van der Waals surface area (Å²) in [5.74, 6) is -0.836. The van der Waals surface area contributed by atoms with E-state index in [4.69, 9.17) is 15.6 Å². The molecule has 1 aromatic carbocycles. The first-order valence-corrected chi connectivity index (χ1v) is 10.2. The first-order chi connectivity index (χ1) is 14.8. The molecule has 0 saturated carbocycles. The second kappa shape index (κ2) is 9.92. The number of benzene rings is 1. The number of para-hydroxylation sites is 1. The van der Waals surface area contributed by atoms with Gasteiger partial charge in [0.05, 0.1) is 18.2 Å². The fraction of sp³-hybridized carbons (Fsp3) is 0.190. The minimum Gasteiger partial charge on any atom is -0.480 e. The molecule has 162 valence electrons. The zero-order valence-electron chi connectivity index (χ0n) is 16.6. The van der Waals surface area contributed by atoms with Crippen molar-refractivity contribution in [2.24, 2.45) is 0 Å². The predicted molar refractivity (Wildman–Crippen MR) is 117 cm³/mol. The summed E-state index contributed by atoms with van der Waals surface area (Å²) in [6.07, 6.45) is -1.15. The second-order valence-electron chi connectivity index (χ2n) is 6.65. The van der Waals surface area contributed by atoms with Crippen LogP contribution in [-0.4, -0.2) is 39.2 Å². The number of rotatable bonds is 9. The number of aliphatic hydroxyl groups excluding tert-OH is 1. The molecule has 0 radical (unpaired) electrons. The van der Waals surface area contributed by atoms with Gasteiger partial charge >= 0.3 is 5.97 Å². The number of carbonyl (C=O) groups is 2. The van der Waals surface area contributed by atoms with Crippen molar-refractivity contribution >= 4 is 34.8 Å². The van der Waals surface area contributed by atoms with Gasteiger partial charge in [-0.2, -0.15) is 0 Å². The summed E-state index contributed by atoms with van der Waals surface area (Å²) in [4.78, 5) is 28.6. The number of carbonyl (C=O) groups excluding carboxylic acids is 1. The van der Waals surface area contributed by atoms with E-state index >= 15 is 0 Å². The summed E-state index contributed by atoms with van der Waals surface area (Å²) >= 11 is 1.41. The van der Waals surface area contributed by atoms with Crippen LogP contribution in [0.2, 0.25) is 0 Å². The van der Waals surface area contributed by atoms with E-state index < -0.39 is 24.0 Å². The number of aliphatic hydroxyl groups is 1. The maximum Gasteiger partial charge on any atom is 0.328 e. The molecule has 3 rings (SSSR count). The molecule has 0 fully saturated rings. The highest BCUT2D eigenvalue weighted by molar-refractivity contribution is 7.13. The van der Waals surface area contributed by atoms with Crippen LogP contribution in [0.15, 0.2) is 54.6 Å².